The lowest BCUT2D eigenvalue weighted by molar-refractivity contribution is 0.250. The van der Waals surface area contributed by atoms with Crippen LogP contribution in [0.25, 0.3) is 6.08 Å². The van der Waals surface area contributed by atoms with Crippen LogP contribution in [0.3, 0.4) is 0 Å². The molecule has 0 saturated carbocycles. The normalized spacial score (nSPS) is 10.3. The second-order valence-electron chi connectivity index (χ2n) is 3.18. The van der Waals surface area contributed by atoms with Gasteiger partial charge in [0.1, 0.15) is 11.5 Å². The first-order valence-corrected chi connectivity index (χ1v) is 4.41. The molecule has 0 amide bonds. The van der Waals surface area contributed by atoms with Crippen molar-refractivity contribution >= 4 is 6.08 Å². The largest absolute Gasteiger partial charge is 0.507 e. The number of aromatic hydroxyl groups is 2. The lowest BCUT2D eigenvalue weighted by Gasteiger charge is -2.15. The van der Waals surface area contributed by atoms with Gasteiger partial charge in [-0.25, -0.2) is 0 Å². The van der Waals surface area contributed by atoms with Crippen LogP contribution in [0, 0.1) is 13.5 Å². The Kier molecular flexibility index (Phi) is 3.34. The highest BCUT2D eigenvalue weighted by atomic mass is 16.3. The van der Waals surface area contributed by atoms with E-state index in [0.717, 1.165) is 6.08 Å². The fraction of sp³-hybridized carbons (Fsp3) is 0.273. The molecule has 4 N–H and O–H groups in total. The van der Waals surface area contributed by atoms with Gasteiger partial charge in [-0.15, -0.1) is 0 Å². The van der Waals surface area contributed by atoms with Crippen LogP contribution in [-0.2, 0) is 13.2 Å². The molecule has 0 aliphatic heterocycles. The second kappa shape index (κ2) is 4.33. The topological polar surface area (TPSA) is 80.9 Å². The van der Waals surface area contributed by atoms with E-state index in [-0.39, 0.29) is 28.2 Å². The molecule has 1 rings (SSSR count). The maximum atomic E-state index is 9.71. The highest BCUT2D eigenvalue weighted by molar-refractivity contribution is 5.67. The fourth-order valence-electron chi connectivity index (χ4n) is 1.52. The molecule has 1 aromatic rings. The van der Waals surface area contributed by atoms with Crippen molar-refractivity contribution < 1.29 is 20.4 Å². The van der Waals surface area contributed by atoms with Crippen molar-refractivity contribution in [1.82, 2.24) is 0 Å². The quantitative estimate of drug-likeness (QED) is 0.556. The van der Waals surface area contributed by atoms with Gasteiger partial charge in [0, 0.05) is 22.3 Å². The highest BCUT2D eigenvalue weighted by Gasteiger charge is 2.18. The Labute approximate surface area is 87.7 Å². The molecular weight excluding hydrogens is 196 g/mol. The van der Waals surface area contributed by atoms with Crippen LogP contribution in [0.4, 0.5) is 0 Å². The molecule has 0 aromatic heterocycles. The SMILES string of the molecule is [CH]=Cc1c(C)c(O)c(CO)c(CO)c1O. The van der Waals surface area contributed by atoms with Crippen LogP contribution >= 0.6 is 0 Å². The summed E-state index contributed by atoms with van der Waals surface area (Å²) in [6.45, 7) is 5.93. The minimum atomic E-state index is -0.476. The molecule has 0 spiro atoms. The van der Waals surface area contributed by atoms with Crippen molar-refractivity contribution in [3.8, 4) is 11.5 Å². The fourth-order valence-corrected chi connectivity index (χ4v) is 1.52. The lowest BCUT2D eigenvalue weighted by atomic mass is 9.96. The first-order valence-electron chi connectivity index (χ1n) is 4.41. The van der Waals surface area contributed by atoms with Crippen molar-refractivity contribution in [3.63, 3.8) is 0 Å². The van der Waals surface area contributed by atoms with E-state index in [1.54, 1.807) is 6.92 Å². The molecule has 1 aromatic carbocycles. The minimum Gasteiger partial charge on any atom is -0.507 e. The van der Waals surface area contributed by atoms with E-state index < -0.39 is 13.2 Å². The van der Waals surface area contributed by atoms with Crippen molar-refractivity contribution in [2.24, 2.45) is 0 Å². The van der Waals surface area contributed by atoms with Gasteiger partial charge in [-0.1, -0.05) is 12.7 Å². The van der Waals surface area contributed by atoms with Crippen molar-refractivity contribution in [1.29, 1.82) is 0 Å². The maximum absolute atomic E-state index is 9.71. The van der Waals surface area contributed by atoms with E-state index in [2.05, 4.69) is 0 Å². The van der Waals surface area contributed by atoms with Gasteiger partial charge in [-0.3, -0.25) is 0 Å². The zero-order valence-corrected chi connectivity index (χ0v) is 8.36. The molecule has 1 radical (unpaired) electrons. The Morgan fingerprint density at radius 2 is 1.53 bits per heavy atom. The Hall–Kier alpha value is -1.52. The summed E-state index contributed by atoms with van der Waals surface area (Å²) in [7, 11) is 0. The van der Waals surface area contributed by atoms with Crippen molar-refractivity contribution in [2.75, 3.05) is 0 Å². The van der Waals surface area contributed by atoms with Crippen LogP contribution in [0.15, 0.2) is 0 Å². The summed E-state index contributed by atoms with van der Waals surface area (Å²) in [4.78, 5) is 0. The van der Waals surface area contributed by atoms with Gasteiger partial charge >= 0.3 is 0 Å². The number of hydrogen-bond acceptors (Lipinski definition) is 4. The molecule has 0 atom stereocenters. The van der Waals surface area contributed by atoms with Crippen molar-refractivity contribution in [2.45, 2.75) is 20.1 Å². The summed E-state index contributed by atoms with van der Waals surface area (Å²) in [5.41, 5.74) is 0.848. The zero-order chi connectivity index (χ0) is 11.6. The molecule has 0 heterocycles. The van der Waals surface area contributed by atoms with Gasteiger partial charge in [-0.05, 0) is 6.92 Å². The Morgan fingerprint density at radius 1 is 1.07 bits per heavy atom. The van der Waals surface area contributed by atoms with Gasteiger partial charge in [0.2, 0.25) is 0 Å². The van der Waals surface area contributed by atoms with Crippen LogP contribution in [0.5, 0.6) is 11.5 Å². The molecule has 81 valence electrons. The smallest absolute Gasteiger partial charge is 0.129 e. The number of hydrogen-bond donors (Lipinski definition) is 4. The van der Waals surface area contributed by atoms with E-state index in [4.69, 9.17) is 16.8 Å². The molecule has 15 heavy (non-hydrogen) atoms. The summed E-state index contributed by atoms with van der Waals surface area (Å²) in [5, 5.41) is 37.4. The molecule has 0 bridgehead atoms. The van der Waals surface area contributed by atoms with Crippen LogP contribution in [0.2, 0.25) is 0 Å². The van der Waals surface area contributed by atoms with Gasteiger partial charge in [0.25, 0.3) is 0 Å². The summed E-state index contributed by atoms with van der Waals surface area (Å²) < 4.78 is 0. The van der Waals surface area contributed by atoms with Gasteiger partial charge in [0.15, 0.2) is 0 Å². The minimum absolute atomic E-state index is 0.0947. The molecule has 4 heteroatoms. The number of benzene rings is 1. The predicted molar refractivity (Wildman–Crippen MR) is 55.1 cm³/mol. The third-order valence-corrected chi connectivity index (χ3v) is 2.43. The predicted octanol–water partition coefficient (Wildman–Crippen LogP) is 0.837. The summed E-state index contributed by atoms with van der Waals surface area (Å²) in [6.07, 6.45) is 1.14. The summed E-state index contributed by atoms with van der Waals surface area (Å²) >= 11 is 0. The Bertz CT molecular complexity index is 396. The molecule has 0 saturated heterocycles. The maximum Gasteiger partial charge on any atom is 0.129 e. The first kappa shape index (κ1) is 11.6. The molecule has 4 nitrogen and oxygen atoms in total. The molecular formula is C11H13O4. The monoisotopic (exact) mass is 209 g/mol. The third kappa shape index (κ3) is 1.69. The van der Waals surface area contributed by atoms with Crippen LogP contribution in [-0.4, -0.2) is 20.4 Å². The number of phenols is 2. The second-order valence-corrected chi connectivity index (χ2v) is 3.18. The van der Waals surface area contributed by atoms with Crippen LogP contribution < -0.4 is 0 Å². The lowest BCUT2D eigenvalue weighted by Crippen LogP contribution is -2.00. The standard InChI is InChI=1S/C11H13O4/c1-3-7-6(2)10(14)8(4-12)9(5-13)11(7)15/h1,3,12-15H,4-5H2,2H3. The summed E-state index contributed by atoms with van der Waals surface area (Å²) in [6, 6.07) is 0. The average Bonchev–Trinajstić information content (AvgIpc) is 2.23. The Balaban J connectivity index is 3.64. The first-order chi connectivity index (χ1) is 7.08. The molecule has 0 fully saturated rings. The van der Waals surface area contributed by atoms with Crippen LogP contribution in [0.1, 0.15) is 22.3 Å². The highest BCUT2D eigenvalue weighted by Crippen LogP contribution is 2.37. The van der Waals surface area contributed by atoms with Crippen molar-refractivity contribution in [3.05, 3.63) is 28.8 Å². The van der Waals surface area contributed by atoms with Gasteiger partial charge < -0.3 is 20.4 Å². The van der Waals surface area contributed by atoms with E-state index in [0.29, 0.717) is 5.56 Å². The summed E-state index contributed by atoms with van der Waals surface area (Å²) in [5.74, 6) is -0.365. The third-order valence-electron chi connectivity index (χ3n) is 2.43. The number of aliphatic hydroxyl groups excluding tert-OH is 2. The number of aliphatic hydroxyl groups is 2. The molecule has 0 aliphatic rings. The Morgan fingerprint density at radius 3 is 1.93 bits per heavy atom. The van der Waals surface area contributed by atoms with E-state index in [1.807, 2.05) is 0 Å². The molecule has 0 aliphatic carbocycles. The average molecular weight is 209 g/mol. The van der Waals surface area contributed by atoms with E-state index >= 15 is 0 Å². The van der Waals surface area contributed by atoms with Gasteiger partial charge in [-0.2, -0.15) is 0 Å². The van der Waals surface area contributed by atoms with Gasteiger partial charge in [0.05, 0.1) is 13.2 Å². The van der Waals surface area contributed by atoms with E-state index in [9.17, 15) is 10.2 Å². The number of rotatable bonds is 3. The zero-order valence-electron chi connectivity index (χ0n) is 8.36. The van der Waals surface area contributed by atoms with E-state index in [1.165, 1.54) is 0 Å². The molecule has 0 unspecified atom stereocenters.